The third-order valence-corrected chi connectivity index (χ3v) is 4.92. The highest BCUT2D eigenvalue weighted by molar-refractivity contribution is 5.78. The minimum Gasteiger partial charge on any atom is -0.481 e. The molecule has 0 aromatic heterocycles. The summed E-state index contributed by atoms with van der Waals surface area (Å²) < 4.78 is 0. The van der Waals surface area contributed by atoms with Gasteiger partial charge in [-0.1, -0.05) is 51.9 Å². The number of carboxylic acid groups (broad SMARTS) is 1. The first kappa shape index (κ1) is 18.4. The van der Waals surface area contributed by atoms with Crippen molar-refractivity contribution in [2.75, 3.05) is 6.61 Å². The number of rotatable bonds is 13. The first-order valence-electron chi connectivity index (χ1n) is 8.59. The van der Waals surface area contributed by atoms with Crippen molar-refractivity contribution < 1.29 is 20.1 Å². The standard InChI is InChI=1S/C17H32O4/c1-2-3-4-5-6-7-8-9-14(12-15(19)13-18)17(10-11-17)16(20)21/h14-15,18-19H,2-13H2,1H3,(H,20,21). The topological polar surface area (TPSA) is 77.8 Å². The lowest BCUT2D eigenvalue weighted by atomic mass is 9.81. The molecular weight excluding hydrogens is 268 g/mol. The van der Waals surface area contributed by atoms with E-state index in [-0.39, 0.29) is 12.5 Å². The molecule has 1 rings (SSSR count). The number of aliphatic carboxylic acids is 1. The molecule has 0 amide bonds. The molecule has 0 aromatic carbocycles. The number of carbonyl (C=O) groups is 1. The summed E-state index contributed by atoms with van der Waals surface area (Å²) in [6, 6.07) is 0. The molecule has 21 heavy (non-hydrogen) atoms. The third kappa shape index (κ3) is 5.95. The maximum atomic E-state index is 11.5. The van der Waals surface area contributed by atoms with Gasteiger partial charge in [-0.3, -0.25) is 4.79 Å². The molecule has 4 heteroatoms. The summed E-state index contributed by atoms with van der Waals surface area (Å²) in [5.41, 5.74) is -0.613. The van der Waals surface area contributed by atoms with Crippen molar-refractivity contribution in [1.82, 2.24) is 0 Å². The predicted octanol–water partition coefficient (Wildman–Crippen LogP) is 3.35. The van der Waals surface area contributed by atoms with Crippen LogP contribution < -0.4 is 0 Å². The number of unbranched alkanes of at least 4 members (excludes halogenated alkanes) is 6. The Morgan fingerprint density at radius 1 is 1.10 bits per heavy atom. The summed E-state index contributed by atoms with van der Waals surface area (Å²) in [6.07, 6.45) is 10.4. The van der Waals surface area contributed by atoms with Crippen molar-refractivity contribution in [1.29, 1.82) is 0 Å². The van der Waals surface area contributed by atoms with Crippen LogP contribution in [0.3, 0.4) is 0 Å². The van der Waals surface area contributed by atoms with E-state index in [1.54, 1.807) is 0 Å². The SMILES string of the molecule is CCCCCCCCCC(CC(O)CO)C1(C(=O)O)CC1. The van der Waals surface area contributed by atoms with Crippen LogP contribution in [-0.4, -0.2) is 34.0 Å². The summed E-state index contributed by atoms with van der Waals surface area (Å²) in [7, 11) is 0. The minimum absolute atomic E-state index is 0.00721. The Bertz CT molecular complexity index is 299. The van der Waals surface area contributed by atoms with Gasteiger partial charge in [0.15, 0.2) is 0 Å². The Labute approximate surface area is 128 Å². The summed E-state index contributed by atoms with van der Waals surface area (Å²) in [4.78, 5) is 11.5. The van der Waals surface area contributed by atoms with E-state index >= 15 is 0 Å². The highest BCUT2D eigenvalue weighted by Crippen LogP contribution is 2.55. The van der Waals surface area contributed by atoms with Crippen molar-refractivity contribution in [3.63, 3.8) is 0 Å². The van der Waals surface area contributed by atoms with Gasteiger partial charge in [-0.2, -0.15) is 0 Å². The van der Waals surface area contributed by atoms with Crippen molar-refractivity contribution in [3.8, 4) is 0 Å². The molecule has 0 aromatic rings. The summed E-state index contributed by atoms with van der Waals surface area (Å²) in [5, 5.41) is 28.1. The normalized spacial score (nSPS) is 19.2. The quantitative estimate of drug-likeness (QED) is 0.456. The highest BCUT2D eigenvalue weighted by atomic mass is 16.4. The van der Waals surface area contributed by atoms with E-state index in [2.05, 4.69) is 6.92 Å². The van der Waals surface area contributed by atoms with Crippen molar-refractivity contribution in [2.45, 2.75) is 83.7 Å². The number of hydrogen-bond acceptors (Lipinski definition) is 3. The molecule has 1 saturated carbocycles. The fourth-order valence-corrected chi connectivity index (χ4v) is 3.30. The van der Waals surface area contributed by atoms with Gasteiger partial charge in [0.05, 0.1) is 18.1 Å². The number of hydrogen-bond donors (Lipinski definition) is 3. The molecule has 3 N–H and O–H groups in total. The molecule has 4 nitrogen and oxygen atoms in total. The second kappa shape index (κ2) is 9.42. The number of aliphatic hydroxyl groups excluding tert-OH is 2. The highest BCUT2D eigenvalue weighted by Gasteiger charge is 2.55. The van der Waals surface area contributed by atoms with Crippen molar-refractivity contribution in [3.05, 3.63) is 0 Å². The summed E-state index contributed by atoms with van der Waals surface area (Å²) >= 11 is 0. The van der Waals surface area contributed by atoms with Crippen LogP contribution in [0.1, 0.15) is 77.6 Å². The zero-order valence-corrected chi connectivity index (χ0v) is 13.4. The van der Waals surface area contributed by atoms with Crippen LogP contribution in [0.2, 0.25) is 0 Å². The predicted molar refractivity (Wildman–Crippen MR) is 83.1 cm³/mol. The zero-order chi connectivity index (χ0) is 15.7. The van der Waals surface area contributed by atoms with E-state index in [0.29, 0.717) is 6.42 Å². The van der Waals surface area contributed by atoms with Gasteiger partial charge in [-0.15, -0.1) is 0 Å². The van der Waals surface area contributed by atoms with E-state index in [1.165, 1.54) is 32.1 Å². The maximum Gasteiger partial charge on any atom is 0.309 e. The Morgan fingerprint density at radius 3 is 2.14 bits per heavy atom. The molecular formula is C17H32O4. The van der Waals surface area contributed by atoms with E-state index < -0.39 is 17.5 Å². The Kier molecular flexibility index (Phi) is 8.27. The average molecular weight is 300 g/mol. The Hall–Kier alpha value is -0.610. The van der Waals surface area contributed by atoms with Gasteiger partial charge < -0.3 is 15.3 Å². The van der Waals surface area contributed by atoms with Gasteiger partial charge in [0.2, 0.25) is 0 Å². The van der Waals surface area contributed by atoms with E-state index in [9.17, 15) is 15.0 Å². The first-order chi connectivity index (χ1) is 10.1. The van der Waals surface area contributed by atoms with Crippen molar-refractivity contribution in [2.24, 2.45) is 11.3 Å². The smallest absolute Gasteiger partial charge is 0.309 e. The molecule has 0 radical (unpaired) electrons. The van der Waals surface area contributed by atoms with Gasteiger partial charge in [-0.25, -0.2) is 0 Å². The minimum atomic E-state index is -0.781. The maximum absolute atomic E-state index is 11.5. The van der Waals surface area contributed by atoms with Gasteiger partial charge in [0.25, 0.3) is 0 Å². The summed E-state index contributed by atoms with van der Waals surface area (Å²) in [5.74, 6) is -0.714. The lowest BCUT2D eigenvalue weighted by Gasteiger charge is -2.25. The third-order valence-electron chi connectivity index (χ3n) is 4.92. The van der Waals surface area contributed by atoms with Crippen LogP contribution in [0.5, 0.6) is 0 Å². The second-order valence-electron chi connectivity index (χ2n) is 6.64. The fraction of sp³-hybridized carbons (Fsp3) is 0.941. The van der Waals surface area contributed by atoms with Crippen LogP contribution >= 0.6 is 0 Å². The van der Waals surface area contributed by atoms with Gasteiger partial charge >= 0.3 is 5.97 Å². The number of carboxylic acids is 1. The van der Waals surface area contributed by atoms with Crippen LogP contribution in [-0.2, 0) is 4.79 Å². The molecule has 1 fully saturated rings. The van der Waals surface area contributed by atoms with Crippen LogP contribution in [0.15, 0.2) is 0 Å². The summed E-state index contributed by atoms with van der Waals surface area (Å²) in [6.45, 7) is 1.93. The average Bonchev–Trinajstić information content (AvgIpc) is 3.26. The largest absolute Gasteiger partial charge is 0.481 e. The van der Waals surface area contributed by atoms with Crippen LogP contribution in [0.4, 0.5) is 0 Å². The monoisotopic (exact) mass is 300 g/mol. The second-order valence-corrected chi connectivity index (χ2v) is 6.64. The molecule has 2 atom stereocenters. The molecule has 0 spiro atoms. The number of aliphatic hydroxyl groups is 2. The lowest BCUT2D eigenvalue weighted by Crippen LogP contribution is -2.30. The Morgan fingerprint density at radius 2 is 1.67 bits per heavy atom. The molecule has 124 valence electrons. The molecule has 0 heterocycles. The molecule has 0 bridgehead atoms. The fourth-order valence-electron chi connectivity index (χ4n) is 3.30. The van der Waals surface area contributed by atoms with E-state index in [0.717, 1.165) is 32.1 Å². The van der Waals surface area contributed by atoms with Gasteiger partial charge in [0, 0.05) is 0 Å². The Balaban J connectivity index is 2.32. The van der Waals surface area contributed by atoms with E-state index in [4.69, 9.17) is 5.11 Å². The molecule has 1 aliphatic rings. The van der Waals surface area contributed by atoms with E-state index in [1.807, 2.05) is 0 Å². The lowest BCUT2D eigenvalue weighted by molar-refractivity contribution is -0.146. The van der Waals surface area contributed by atoms with Crippen LogP contribution in [0, 0.1) is 11.3 Å². The van der Waals surface area contributed by atoms with Crippen molar-refractivity contribution >= 4 is 5.97 Å². The van der Waals surface area contributed by atoms with Crippen LogP contribution in [0.25, 0.3) is 0 Å². The molecule has 0 saturated heterocycles. The molecule has 1 aliphatic carbocycles. The first-order valence-corrected chi connectivity index (χ1v) is 8.59. The molecule has 2 unspecified atom stereocenters. The van der Waals surface area contributed by atoms with Gasteiger partial charge in [0.1, 0.15) is 0 Å². The molecule has 0 aliphatic heterocycles. The van der Waals surface area contributed by atoms with Gasteiger partial charge in [-0.05, 0) is 31.6 Å². The zero-order valence-electron chi connectivity index (χ0n) is 13.4.